The Kier molecular flexibility index (Phi) is 5.92. The summed E-state index contributed by atoms with van der Waals surface area (Å²) < 4.78 is 53.9. The molecule has 148 valence electrons. The van der Waals surface area contributed by atoms with E-state index in [1.165, 1.54) is 12.1 Å². The van der Waals surface area contributed by atoms with Crippen LogP contribution in [0.1, 0.15) is 11.5 Å². The van der Waals surface area contributed by atoms with E-state index in [0.717, 1.165) is 24.3 Å². The lowest BCUT2D eigenvalue weighted by atomic mass is 9.97. The van der Waals surface area contributed by atoms with Gasteiger partial charge in [0.15, 0.2) is 0 Å². The zero-order valence-electron chi connectivity index (χ0n) is 14.8. The molecule has 0 radical (unpaired) electrons. The number of rotatable bonds is 5. The standard InChI is InChI=1S/C21H14F4N2O2/c22-13-6-8-17(15(24)10-13)26-20(28)19(12-4-2-1-3-5-12)21(29)27-18-9-7-14(23)11-16(18)25/h1-11,19H,(H,26,28)(H,27,29). The highest BCUT2D eigenvalue weighted by molar-refractivity contribution is 6.15. The fourth-order valence-electron chi connectivity index (χ4n) is 2.66. The largest absolute Gasteiger partial charge is 0.323 e. The average molecular weight is 402 g/mol. The van der Waals surface area contributed by atoms with Crippen molar-refractivity contribution in [1.82, 2.24) is 0 Å². The SMILES string of the molecule is O=C(Nc1ccc(F)cc1F)C(C(=O)Nc1ccc(F)cc1F)c1ccccc1. The smallest absolute Gasteiger partial charge is 0.241 e. The van der Waals surface area contributed by atoms with E-state index in [9.17, 15) is 27.2 Å². The van der Waals surface area contributed by atoms with Crippen LogP contribution >= 0.6 is 0 Å². The van der Waals surface area contributed by atoms with Gasteiger partial charge in [-0.05, 0) is 29.8 Å². The van der Waals surface area contributed by atoms with Crippen LogP contribution in [0.25, 0.3) is 0 Å². The third-order valence-electron chi connectivity index (χ3n) is 4.04. The summed E-state index contributed by atoms with van der Waals surface area (Å²) in [6.07, 6.45) is 0. The molecule has 0 aliphatic carbocycles. The second-order valence-corrected chi connectivity index (χ2v) is 6.07. The number of hydrogen-bond acceptors (Lipinski definition) is 2. The Morgan fingerprint density at radius 3 is 1.52 bits per heavy atom. The van der Waals surface area contributed by atoms with Crippen molar-refractivity contribution in [2.24, 2.45) is 0 Å². The van der Waals surface area contributed by atoms with Crippen LogP contribution in [-0.2, 0) is 9.59 Å². The van der Waals surface area contributed by atoms with E-state index in [2.05, 4.69) is 10.6 Å². The summed E-state index contributed by atoms with van der Waals surface area (Å²) in [6, 6.07) is 12.9. The first-order valence-corrected chi connectivity index (χ1v) is 8.42. The number of hydrogen-bond donors (Lipinski definition) is 2. The lowest BCUT2D eigenvalue weighted by molar-refractivity contribution is -0.126. The Hall–Kier alpha value is -3.68. The molecule has 0 aliphatic heterocycles. The molecular weight excluding hydrogens is 388 g/mol. The van der Waals surface area contributed by atoms with Gasteiger partial charge in [-0.1, -0.05) is 30.3 Å². The van der Waals surface area contributed by atoms with Gasteiger partial charge in [0.1, 0.15) is 29.2 Å². The average Bonchev–Trinajstić information content (AvgIpc) is 2.67. The van der Waals surface area contributed by atoms with Crippen molar-refractivity contribution in [2.45, 2.75) is 5.92 Å². The summed E-state index contributed by atoms with van der Waals surface area (Å²) in [7, 11) is 0. The molecule has 0 bridgehead atoms. The summed E-state index contributed by atoms with van der Waals surface area (Å²) in [5.41, 5.74) is -0.385. The van der Waals surface area contributed by atoms with Crippen LogP contribution in [0.4, 0.5) is 28.9 Å². The van der Waals surface area contributed by atoms with Crippen LogP contribution in [-0.4, -0.2) is 11.8 Å². The quantitative estimate of drug-likeness (QED) is 0.484. The van der Waals surface area contributed by atoms with E-state index >= 15 is 0 Å². The summed E-state index contributed by atoms with van der Waals surface area (Å²) >= 11 is 0. The van der Waals surface area contributed by atoms with Crippen molar-refractivity contribution in [3.63, 3.8) is 0 Å². The first kappa shape index (κ1) is 20.1. The third-order valence-corrected chi connectivity index (χ3v) is 4.04. The Bertz CT molecular complexity index is 992. The molecule has 0 spiro atoms. The van der Waals surface area contributed by atoms with Crippen molar-refractivity contribution in [2.75, 3.05) is 10.6 Å². The fourth-order valence-corrected chi connectivity index (χ4v) is 2.66. The molecule has 0 saturated carbocycles. The molecular formula is C21H14F4N2O2. The summed E-state index contributed by atoms with van der Waals surface area (Å²) in [5, 5.41) is 4.46. The number of nitrogens with one attached hydrogen (secondary N) is 2. The molecule has 4 nitrogen and oxygen atoms in total. The van der Waals surface area contributed by atoms with Crippen LogP contribution in [0.3, 0.4) is 0 Å². The highest BCUT2D eigenvalue weighted by Crippen LogP contribution is 2.24. The summed E-state index contributed by atoms with van der Waals surface area (Å²) in [5.74, 6) is -7.01. The van der Waals surface area contributed by atoms with E-state index in [0.29, 0.717) is 12.1 Å². The summed E-state index contributed by atoms with van der Waals surface area (Å²) in [6.45, 7) is 0. The van der Waals surface area contributed by atoms with Gasteiger partial charge < -0.3 is 10.6 Å². The number of halogens is 4. The van der Waals surface area contributed by atoms with Crippen molar-refractivity contribution >= 4 is 23.2 Å². The molecule has 3 aromatic rings. The Balaban J connectivity index is 1.90. The second-order valence-electron chi connectivity index (χ2n) is 6.07. The van der Waals surface area contributed by atoms with Gasteiger partial charge in [0, 0.05) is 12.1 Å². The highest BCUT2D eigenvalue weighted by Gasteiger charge is 2.30. The van der Waals surface area contributed by atoms with Crippen molar-refractivity contribution in [3.8, 4) is 0 Å². The van der Waals surface area contributed by atoms with E-state index in [-0.39, 0.29) is 16.9 Å². The highest BCUT2D eigenvalue weighted by atomic mass is 19.1. The Morgan fingerprint density at radius 1 is 0.655 bits per heavy atom. The molecule has 8 heteroatoms. The van der Waals surface area contributed by atoms with Crippen LogP contribution in [0.5, 0.6) is 0 Å². The molecule has 0 aromatic heterocycles. The van der Waals surface area contributed by atoms with Crippen molar-refractivity contribution in [1.29, 1.82) is 0 Å². The van der Waals surface area contributed by atoms with Gasteiger partial charge in [0.25, 0.3) is 0 Å². The molecule has 2 N–H and O–H groups in total. The molecule has 0 heterocycles. The van der Waals surface area contributed by atoms with Crippen LogP contribution in [0.15, 0.2) is 66.7 Å². The normalized spacial score (nSPS) is 10.7. The molecule has 0 atom stereocenters. The topological polar surface area (TPSA) is 58.2 Å². The number of benzene rings is 3. The first-order chi connectivity index (χ1) is 13.8. The molecule has 0 unspecified atom stereocenters. The monoisotopic (exact) mass is 402 g/mol. The molecule has 0 fully saturated rings. The number of carbonyl (C=O) groups is 2. The molecule has 0 aliphatic rings. The Labute approximate surface area is 163 Å². The zero-order valence-corrected chi connectivity index (χ0v) is 14.8. The van der Waals surface area contributed by atoms with Gasteiger partial charge in [-0.25, -0.2) is 17.6 Å². The summed E-state index contributed by atoms with van der Waals surface area (Å²) in [4.78, 5) is 25.5. The molecule has 3 rings (SSSR count). The zero-order chi connectivity index (χ0) is 21.0. The van der Waals surface area contributed by atoms with Crippen LogP contribution in [0.2, 0.25) is 0 Å². The van der Waals surface area contributed by atoms with E-state index in [1.807, 2.05) is 0 Å². The van der Waals surface area contributed by atoms with Crippen molar-refractivity contribution < 1.29 is 27.2 Å². The van der Waals surface area contributed by atoms with Gasteiger partial charge in [0.05, 0.1) is 11.4 Å². The maximum absolute atomic E-state index is 13.9. The van der Waals surface area contributed by atoms with Gasteiger partial charge in [-0.15, -0.1) is 0 Å². The predicted octanol–water partition coefficient (Wildman–Crippen LogP) is 4.60. The van der Waals surface area contributed by atoms with Crippen LogP contribution in [0, 0.1) is 23.3 Å². The number of anilines is 2. The molecule has 29 heavy (non-hydrogen) atoms. The van der Waals surface area contributed by atoms with E-state index in [1.54, 1.807) is 18.2 Å². The Morgan fingerprint density at radius 2 is 1.10 bits per heavy atom. The van der Waals surface area contributed by atoms with Gasteiger partial charge in [-0.2, -0.15) is 0 Å². The number of amides is 2. The van der Waals surface area contributed by atoms with Gasteiger partial charge >= 0.3 is 0 Å². The first-order valence-electron chi connectivity index (χ1n) is 8.42. The van der Waals surface area contributed by atoms with E-state index in [4.69, 9.17) is 0 Å². The minimum absolute atomic E-state index is 0.257. The minimum atomic E-state index is -1.48. The maximum atomic E-state index is 13.9. The lowest BCUT2D eigenvalue weighted by Gasteiger charge is -2.18. The van der Waals surface area contributed by atoms with Gasteiger partial charge in [0.2, 0.25) is 11.8 Å². The molecule has 3 aromatic carbocycles. The van der Waals surface area contributed by atoms with Crippen molar-refractivity contribution in [3.05, 3.63) is 95.6 Å². The lowest BCUT2D eigenvalue weighted by Crippen LogP contribution is -2.32. The van der Waals surface area contributed by atoms with Crippen LogP contribution < -0.4 is 10.6 Å². The third kappa shape index (κ3) is 4.78. The molecule has 0 saturated heterocycles. The predicted molar refractivity (Wildman–Crippen MR) is 99.2 cm³/mol. The minimum Gasteiger partial charge on any atom is -0.323 e. The number of carbonyl (C=O) groups excluding carboxylic acids is 2. The second kappa shape index (κ2) is 8.55. The fraction of sp³-hybridized carbons (Fsp3) is 0.0476. The molecule has 2 amide bonds. The van der Waals surface area contributed by atoms with E-state index < -0.39 is 41.0 Å². The maximum Gasteiger partial charge on any atom is 0.241 e. The van der Waals surface area contributed by atoms with Gasteiger partial charge in [-0.3, -0.25) is 9.59 Å².